The zero-order valence-electron chi connectivity index (χ0n) is 10.6. The number of carbonyl (C=O) groups is 1. The van der Waals surface area contributed by atoms with Crippen molar-refractivity contribution < 1.29 is 9.53 Å². The van der Waals surface area contributed by atoms with Crippen molar-refractivity contribution in [1.82, 2.24) is 0 Å². The molecule has 1 aliphatic carbocycles. The van der Waals surface area contributed by atoms with Crippen molar-refractivity contribution in [1.29, 1.82) is 0 Å². The molecule has 0 heterocycles. The number of esters is 1. The first-order valence-corrected chi connectivity index (χ1v) is 7.72. The Balaban J connectivity index is 2.31. The summed E-state index contributed by atoms with van der Waals surface area (Å²) in [6.45, 7) is 5.82. The van der Waals surface area contributed by atoms with Gasteiger partial charge in [-0.05, 0) is 50.9 Å². The lowest BCUT2D eigenvalue weighted by Gasteiger charge is -2.23. The molecule has 0 aliphatic heterocycles. The molecule has 0 aromatic heterocycles. The molecule has 0 aromatic carbocycles. The molecule has 0 atom stereocenters. The van der Waals surface area contributed by atoms with Crippen LogP contribution in [0.1, 0.15) is 59.3 Å². The lowest BCUT2D eigenvalue weighted by Crippen LogP contribution is -2.29. The molecule has 0 saturated heterocycles. The van der Waals surface area contributed by atoms with Gasteiger partial charge in [0.05, 0.1) is 5.41 Å². The molecule has 94 valence electrons. The summed E-state index contributed by atoms with van der Waals surface area (Å²) in [4.78, 5) is 12.0. The van der Waals surface area contributed by atoms with Crippen LogP contribution in [0.2, 0.25) is 0 Å². The zero-order valence-corrected chi connectivity index (χ0v) is 12.8. The highest BCUT2D eigenvalue weighted by Crippen LogP contribution is 2.51. The maximum Gasteiger partial charge on any atom is 0.312 e. The molecular weight excluding hydrogens is 315 g/mol. The lowest BCUT2D eigenvalue weighted by atomic mass is 9.98. The molecule has 0 spiro atoms. The van der Waals surface area contributed by atoms with Crippen LogP contribution < -0.4 is 0 Å². The summed E-state index contributed by atoms with van der Waals surface area (Å²) >= 11 is 2.40. The van der Waals surface area contributed by atoms with Crippen LogP contribution in [0.3, 0.4) is 0 Å². The van der Waals surface area contributed by atoms with Gasteiger partial charge in [0, 0.05) is 0 Å². The van der Waals surface area contributed by atoms with E-state index >= 15 is 0 Å². The summed E-state index contributed by atoms with van der Waals surface area (Å²) < 4.78 is 6.70. The van der Waals surface area contributed by atoms with Gasteiger partial charge in [-0.2, -0.15) is 0 Å². The van der Waals surface area contributed by atoms with Crippen LogP contribution in [0.5, 0.6) is 0 Å². The number of halogens is 1. The van der Waals surface area contributed by atoms with Crippen LogP contribution in [0, 0.1) is 5.41 Å². The number of rotatable bonds is 6. The Bertz CT molecular complexity index is 239. The Kier molecular flexibility index (Phi) is 5.08. The molecular formula is C13H23IO2. The summed E-state index contributed by atoms with van der Waals surface area (Å²) in [7, 11) is 0. The van der Waals surface area contributed by atoms with Crippen LogP contribution >= 0.6 is 22.6 Å². The fourth-order valence-corrected chi connectivity index (χ4v) is 2.37. The van der Waals surface area contributed by atoms with Gasteiger partial charge in [-0.1, -0.05) is 35.4 Å². The Labute approximate surface area is 113 Å². The highest BCUT2D eigenvalue weighted by atomic mass is 127. The van der Waals surface area contributed by atoms with E-state index < -0.39 is 0 Å². The van der Waals surface area contributed by atoms with Crippen LogP contribution in [0.25, 0.3) is 0 Å². The second-order valence-electron chi connectivity index (χ2n) is 5.78. The van der Waals surface area contributed by atoms with E-state index in [-0.39, 0.29) is 17.0 Å². The molecule has 0 bridgehead atoms. The quantitative estimate of drug-likeness (QED) is 0.315. The molecule has 0 unspecified atom stereocenters. The van der Waals surface area contributed by atoms with Gasteiger partial charge in [-0.3, -0.25) is 4.79 Å². The van der Waals surface area contributed by atoms with E-state index in [1.54, 1.807) is 0 Å². The summed E-state index contributed by atoms with van der Waals surface area (Å²) in [5.74, 6) is 0.0365. The highest BCUT2D eigenvalue weighted by molar-refractivity contribution is 14.1. The van der Waals surface area contributed by atoms with Gasteiger partial charge in [0.15, 0.2) is 0 Å². The van der Waals surface area contributed by atoms with Gasteiger partial charge in [0.2, 0.25) is 0 Å². The first kappa shape index (κ1) is 14.3. The third kappa shape index (κ3) is 4.60. The maximum absolute atomic E-state index is 12.0. The number of hydrogen-bond donors (Lipinski definition) is 0. The lowest BCUT2D eigenvalue weighted by molar-refractivity contribution is -0.162. The zero-order chi connectivity index (χ0) is 12.2. The summed E-state index contributed by atoms with van der Waals surface area (Å²) in [5.41, 5.74) is -0.437. The fraction of sp³-hybridized carbons (Fsp3) is 0.923. The van der Waals surface area contributed by atoms with E-state index in [4.69, 9.17) is 4.74 Å². The largest absolute Gasteiger partial charge is 0.460 e. The number of ether oxygens (including phenoxy) is 1. The van der Waals surface area contributed by atoms with E-state index in [2.05, 4.69) is 22.6 Å². The van der Waals surface area contributed by atoms with Gasteiger partial charge in [0.1, 0.15) is 5.60 Å². The Hall–Kier alpha value is 0.200. The number of hydrogen-bond acceptors (Lipinski definition) is 2. The summed E-state index contributed by atoms with van der Waals surface area (Å²) in [5, 5.41) is 0. The van der Waals surface area contributed by atoms with Crippen molar-refractivity contribution in [2.45, 2.75) is 64.9 Å². The van der Waals surface area contributed by atoms with Gasteiger partial charge in [0.25, 0.3) is 0 Å². The summed E-state index contributed by atoms with van der Waals surface area (Å²) in [6, 6.07) is 0. The molecule has 0 amide bonds. The molecule has 1 saturated carbocycles. The van der Waals surface area contributed by atoms with Crippen molar-refractivity contribution in [3.63, 3.8) is 0 Å². The van der Waals surface area contributed by atoms with E-state index in [1.807, 2.05) is 20.8 Å². The minimum atomic E-state index is -0.338. The standard InChI is InChI=1S/C13H23IO2/c1-12(2,3)16-11(15)13(8-9-13)7-5-4-6-10-14/h4-10H2,1-3H3. The van der Waals surface area contributed by atoms with Crippen molar-refractivity contribution >= 4 is 28.6 Å². The minimum absolute atomic E-state index is 0.0365. The third-order valence-electron chi connectivity index (χ3n) is 2.97. The Morgan fingerprint density at radius 3 is 2.31 bits per heavy atom. The topological polar surface area (TPSA) is 26.3 Å². The first-order chi connectivity index (χ1) is 7.40. The number of alkyl halides is 1. The van der Waals surface area contributed by atoms with E-state index in [1.165, 1.54) is 23.7 Å². The molecule has 2 nitrogen and oxygen atoms in total. The molecule has 1 fully saturated rings. The van der Waals surface area contributed by atoms with Gasteiger partial charge in [-0.25, -0.2) is 0 Å². The summed E-state index contributed by atoms with van der Waals surface area (Å²) in [6.07, 6.45) is 6.78. The van der Waals surface area contributed by atoms with E-state index in [9.17, 15) is 4.79 Å². The van der Waals surface area contributed by atoms with Crippen LogP contribution in [-0.4, -0.2) is 16.0 Å². The number of carbonyl (C=O) groups excluding carboxylic acids is 1. The molecule has 3 heteroatoms. The second-order valence-corrected chi connectivity index (χ2v) is 6.86. The van der Waals surface area contributed by atoms with Crippen LogP contribution in [-0.2, 0) is 9.53 Å². The molecule has 0 N–H and O–H groups in total. The molecule has 1 rings (SSSR count). The van der Waals surface area contributed by atoms with Gasteiger partial charge < -0.3 is 4.74 Å². The molecule has 1 aliphatic rings. The maximum atomic E-state index is 12.0. The highest BCUT2D eigenvalue weighted by Gasteiger charge is 2.51. The van der Waals surface area contributed by atoms with Crippen molar-refractivity contribution in [2.24, 2.45) is 5.41 Å². The smallest absolute Gasteiger partial charge is 0.312 e. The predicted molar refractivity (Wildman–Crippen MR) is 74.9 cm³/mol. The first-order valence-electron chi connectivity index (χ1n) is 6.19. The molecule has 0 aromatic rings. The van der Waals surface area contributed by atoms with Crippen molar-refractivity contribution in [3.05, 3.63) is 0 Å². The van der Waals surface area contributed by atoms with Crippen LogP contribution in [0.15, 0.2) is 0 Å². The second kappa shape index (κ2) is 5.69. The van der Waals surface area contributed by atoms with Gasteiger partial charge in [-0.15, -0.1) is 0 Å². The van der Waals surface area contributed by atoms with E-state index in [0.29, 0.717) is 0 Å². The van der Waals surface area contributed by atoms with E-state index in [0.717, 1.165) is 19.3 Å². The van der Waals surface area contributed by atoms with Crippen LogP contribution in [0.4, 0.5) is 0 Å². The predicted octanol–water partition coefficient (Wildman–Crippen LogP) is 4.10. The average molecular weight is 338 g/mol. The average Bonchev–Trinajstić information content (AvgIpc) is 2.91. The van der Waals surface area contributed by atoms with Gasteiger partial charge >= 0.3 is 5.97 Å². The SMILES string of the molecule is CC(C)(C)OC(=O)C1(CCCCCI)CC1. The minimum Gasteiger partial charge on any atom is -0.460 e. The van der Waals surface area contributed by atoms with Crippen molar-refractivity contribution in [2.75, 3.05) is 4.43 Å². The normalized spacial score (nSPS) is 18.2. The monoisotopic (exact) mass is 338 g/mol. The fourth-order valence-electron chi connectivity index (χ4n) is 1.83. The van der Waals surface area contributed by atoms with Crippen molar-refractivity contribution in [3.8, 4) is 0 Å². The third-order valence-corrected chi connectivity index (χ3v) is 3.74. The number of unbranched alkanes of at least 4 members (excludes halogenated alkanes) is 2. The Morgan fingerprint density at radius 2 is 1.88 bits per heavy atom. The molecule has 0 radical (unpaired) electrons. The Morgan fingerprint density at radius 1 is 1.25 bits per heavy atom. The molecule has 16 heavy (non-hydrogen) atoms.